The predicted octanol–water partition coefficient (Wildman–Crippen LogP) is 5.03. The molecule has 4 heterocycles. The van der Waals surface area contributed by atoms with Gasteiger partial charge in [-0.15, -0.1) is 0 Å². The second kappa shape index (κ2) is 8.97. The second-order valence-electron chi connectivity index (χ2n) is 9.44. The standard InChI is InChI=1S/C26H25ClFN5O3/c1-14-23(27)26(34)32-13-21(31-24(25(32)30-14)19-6-5-18(35-2)10-20(19)28)15-7-8-36-22(9-15)16-11-29-33(12-16)17-3-4-17/h5-6,10-13,15,17,22H,3-4,7-9H2,1-2H3/t15-,22-/m1/s1. The molecule has 6 rings (SSSR count). The molecule has 10 heteroatoms. The quantitative estimate of drug-likeness (QED) is 0.375. The Morgan fingerprint density at radius 2 is 2.03 bits per heavy atom. The molecule has 36 heavy (non-hydrogen) atoms. The van der Waals surface area contributed by atoms with Crippen molar-refractivity contribution < 1.29 is 13.9 Å². The lowest BCUT2D eigenvalue weighted by Crippen LogP contribution is -2.23. The van der Waals surface area contributed by atoms with Gasteiger partial charge in [-0.05, 0) is 44.7 Å². The molecule has 2 fully saturated rings. The number of aryl methyl sites for hydroxylation is 1. The van der Waals surface area contributed by atoms with Crippen LogP contribution in [0.1, 0.15) is 60.7 Å². The van der Waals surface area contributed by atoms with Gasteiger partial charge in [-0.1, -0.05) is 11.6 Å². The van der Waals surface area contributed by atoms with Gasteiger partial charge in [0.1, 0.15) is 22.3 Å². The molecule has 0 spiro atoms. The van der Waals surface area contributed by atoms with Gasteiger partial charge in [0.2, 0.25) is 0 Å². The Labute approximate surface area is 211 Å². The fourth-order valence-electron chi connectivity index (χ4n) is 4.79. The summed E-state index contributed by atoms with van der Waals surface area (Å²) in [7, 11) is 1.48. The Kier molecular flexibility index (Phi) is 5.76. The number of aromatic nitrogens is 5. The fourth-order valence-corrected chi connectivity index (χ4v) is 4.93. The maximum Gasteiger partial charge on any atom is 0.277 e. The highest BCUT2D eigenvalue weighted by Gasteiger charge is 2.30. The Morgan fingerprint density at radius 3 is 2.78 bits per heavy atom. The van der Waals surface area contributed by atoms with Crippen LogP contribution in [0, 0.1) is 12.7 Å². The highest BCUT2D eigenvalue weighted by Crippen LogP contribution is 2.40. The van der Waals surface area contributed by atoms with Gasteiger partial charge < -0.3 is 9.47 Å². The van der Waals surface area contributed by atoms with Crippen molar-refractivity contribution in [2.75, 3.05) is 13.7 Å². The number of ether oxygens (including phenoxy) is 2. The minimum Gasteiger partial charge on any atom is -0.497 e. The van der Waals surface area contributed by atoms with Crippen molar-refractivity contribution in [3.63, 3.8) is 0 Å². The maximum atomic E-state index is 15.2. The molecule has 1 aromatic carbocycles. The molecule has 1 aliphatic heterocycles. The molecule has 1 aliphatic carbocycles. The SMILES string of the molecule is COc1ccc(-c2nc([C@@H]3CCO[C@@H](c4cnn(C5CC5)c4)C3)cn3c(=O)c(Cl)c(C)nc23)c(F)c1. The summed E-state index contributed by atoms with van der Waals surface area (Å²) in [6.45, 7) is 2.19. The number of hydrogen-bond donors (Lipinski definition) is 0. The van der Waals surface area contributed by atoms with Crippen molar-refractivity contribution in [2.24, 2.45) is 0 Å². The summed E-state index contributed by atoms with van der Waals surface area (Å²) in [5.74, 6) is -0.135. The Balaban J connectivity index is 1.45. The van der Waals surface area contributed by atoms with Crippen LogP contribution < -0.4 is 10.3 Å². The lowest BCUT2D eigenvalue weighted by atomic mass is 9.90. The molecule has 2 atom stereocenters. The van der Waals surface area contributed by atoms with Crippen molar-refractivity contribution in [3.8, 4) is 17.0 Å². The van der Waals surface area contributed by atoms with Crippen LogP contribution in [0.3, 0.4) is 0 Å². The molecule has 0 unspecified atom stereocenters. The first-order valence-electron chi connectivity index (χ1n) is 12.0. The van der Waals surface area contributed by atoms with Gasteiger partial charge in [0.25, 0.3) is 5.56 Å². The van der Waals surface area contributed by atoms with Gasteiger partial charge in [-0.25, -0.2) is 14.4 Å². The number of halogens is 2. The maximum absolute atomic E-state index is 15.2. The Morgan fingerprint density at radius 1 is 1.19 bits per heavy atom. The van der Waals surface area contributed by atoms with E-state index in [4.69, 9.17) is 26.1 Å². The molecule has 1 saturated heterocycles. The van der Waals surface area contributed by atoms with Crippen LogP contribution in [0.4, 0.5) is 4.39 Å². The van der Waals surface area contributed by atoms with Crippen LogP contribution in [0.25, 0.3) is 16.9 Å². The van der Waals surface area contributed by atoms with Crippen molar-refractivity contribution in [3.05, 3.63) is 74.9 Å². The van der Waals surface area contributed by atoms with Crippen LogP contribution >= 0.6 is 11.6 Å². The van der Waals surface area contributed by atoms with Crippen molar-refractivity contribution in [1.29, 1.82) is 0 Å². The summed E-state index contributed by atoms with van der Waals surface area (Å²) in [5, 5.41) is 4.53. The number of fused-ring (bicyclic) bond motifs is 1. The molecule has 1 saturated carbocycles. The normalized spacial score (nSPS) is 20.1. The average molecular weight is 510 g/mol. The fraction of sp³-hybridized carbons (Fsp3) is 0.385. The molecule has 0 bridgehead atoms. The lowest BCUT2D eigenvalue weighted by molar-refractivity contribution is 0.00454. The highest BCUT2D eigenvalue weighted by molar-refractivity contribution is 6.31. The second-order valence-corrected chi connectivity index (χ2v) is 9.81. The van der Waals surface area contributed by atoms with E-state index in [1.165, 1.54) is 17.6 Å². The summed E-state index contributed by atoms with van der Waals surface area (Å²) >= 11 is 6.26. The minimum absolute atomic E-state index is 0.00976. The molecule has 0 N–H and O–H groups in total. The minimum atomic E-state index is -0.514. The third-order valence-electron chi connectivity index (χ3n) is 6.99. The first-order chi connectivity index (χ1) is 17.4. The summed E-state index contributed by atoms with van der Waals surface area (Å²) < 4.78 is 29.8. The van der Waals surface area contributed by atoms with Gasteiger partial charge in [0.05, 0.1) is 36.8 Å². The molecule has 2 aliphatic rings. The molecule has 186 valence electrons. The number of hydrogen-bond acceptors (Lipinski definition) is 6. The van der Waals surface area contributed by atoms with Gasteiger partial charge in [-0.2, -0.15) is 5.10 Å². The lowest BCUT2D eigenvalue weighted by Gasteiger charge is -2.29. The molecule has 0 radical (unpaired) electrons. The van der Waals surface area contributed by atoms with Crippen molar-refractivity contribution in [1.82, 2.24) is 24.1 Å². The summed E-state index contributed by atoms with van der Waals surface area (Å²) in [6.07, 6.45) is 9.19. The molecular weight excluding hydrogens is 485 g/mol. The Hall–Kier alpha value is -3.30. The smallest absolute Gasteiger partial charge is 0.277 e. The third-order valence-corrected chi connectivity index (χ3v) is 7.42. The zero-order chi connectivity index (χ0) is 25.0. The van der Waals surface area contributed by atoms with E-state index in [1.54, 1.807) is 25.3 Å². The number of benzene rings is 1. The van der Waals surface area contributed by atoms with E-state index >= 15 is 4.39 Å². The van der Waals surface area contributed by atoms with Crippen LogP contribution in [-0.4, -0.2) is 37.9 Å². The van der Waals surface area contributed by atoms with E-state index in [0.717, 1.165) is 24.8 Å². The van der Waals surface area contributed by atoms with E-state index in [9.17, 15) is 4.79 Å². The van der Waals surface area contributed by atoms with Crippen LogP contribution in [0.15, 0.2) is 41.6 Å². The van der Waals surface area contributed by atoms with Gasteiger partial charge >= 0.3 is 0 Å². The first kappa shape index (κ1) is 23.1. The summed E-state index contributed by atoms with van der Waals surface area (Å²) in [5.41, 5.74) is 2.43. The third kappa shape index (κ3) is 4.06. The molecular formula is C26H25ClFN5O3. The Bertz CT molecular complexity index is 1530. The zero-order valence-electron chi connectivity index (χ0n) is 19.9. The average Bonchev–Trinajstić information content (AvgIpc) is 3.63. The number of methoxy groups -OCH3 is 1. The van der Waals surface area contributed by atoms with Gasteiger partial charge in [-0.3, -0.25) is 13.9 Å². The highest BCUT2D eigenvalue weighted by atomic mass is 35.5. The van der Waals surface area contributed by atoms with Crippen molar-refractivity contribution >= 4 is 17.2 Å². The van der Waals surface area contributed by atoms with E-state index in [0.29, 0.717) is 36.2 Å². The first-order valence-corrected chi connectivity index (χ1v) is 12.4. The topological polar surface area (TPSA) is 83.5 Å². The largest absolute Gasteiger partial charge is 0.497 e. The molecule has 0 amide bonds. The van der Waals surface area contributed by atoms with Crippen LogP contribution in [0.2, 0.25) is 5.02 Å². The monoisotopic (exact) mass is 509 g/mol. The predicted molar refractivity (Wildman–Crippen MR) is 132 cm³/mol. The van der Waals surface area contributed by atoms with Gasteiger partial charge in [0.15, 0.2) is 5.65 Å². The summed E-state index contributed by atoms with van der Waals surface area (Å²) in [4.78, 5) is 22.5. The van der Waals surface area contributed by atoms with E-state index < -0.39 is 11.4 Å². The van der Waals surface area contributed by atoms with E-state index in [1.807, 2.05) is 10.9 Å². The van der Waals surface area contributed by atoms with Crippen LogP contribution in [-0.2, 0) is 4.74 Å². The summed E-state index contributed by atoms with van der Waals surface area (Å²) in [6, 6.07) is 5.04. The van der Waals surface area contributed by atoms with Gasteiger partial charge in [0, 0.05) is 42.1 Å². The van der Waals surface area contributed by atoms with E-state index in [-0.39, 0.29) is 33.9 Å². The van der Waals surface area contributed by atoms with Crippen molar-refractivity contribution in [2.45, 2.75) is 50.7 Å². The molecule has 8 nitrogen and oxygen atoms in total. The van der Waals surface area contributed by atoms with Crippen LogP contribution in [0.5, 0.6) is 5.75 Å². The van der Waals surface area contributed by atoms with E-state index in [2.05, 4.69) is 16.3 Å². The number of rotatable bonds is 5. The zero-order valence-corrected chi connectivity index (χ0v) is 20.7. The molecule has 4 aromatic rings. The number of nitrogens with zero attached hydrogens (tertiary/aromatic N) is 5. The molecule has 3 aromatic heterocycles.